The molecule has 2 fully saturated rings. The number of carbonyl (C=O) groups is 2. The lowest BCUT2D eigenvalue weighted by molar-refractivity contribution is -0.245. The van der Waals surface area contributed by atoms with Crippen LogP contribution in [0.4, 0.5) is 13.2 Å². The van der Waals surface area contributed by atoms with Gasteiger partial charge in [-0.3, -0.25) is 9.59 Å². The largest absolute Gasteiger partial charge is 0.471 e. The third-order valence-corrected chi connectivity index (χ3v) is 11.6. The second-order valence-electron chi connectivity index (χ2n) is 12.8. The second kappa shape index (κ2) is 15.8. The van der Waals surface area contributed by atoms with Crippen molar-refractivity contribution < 1.29 is 37.3 Å². The first-order valence-electron chi connectivity index (χ1n) is 17.0. The predicted octanol–water partition coefficient (Wildman–Crippen LogP) is 7.96. The van der Waals surface area contributed by atoms with Crippen LogP contribution in [0.2, 0.25) is 0 Å². The van der Waals surface area contributed by atoms with Crippen LogP contribution in [0.3, 0.4) is 0 Å². The number of halogens is 3. The minimum atomic E-state index is -5.03. The van der Waals surface area contributed by atoms with Crippen molar-refractivity contribution in [3.05, 3.63) is 119 Å². The van der Waals surface area contributed by atoms with Gasteiger partial charge in [-0.2, -0.15) is 13.2 Å². The molecule has 13 heteroatoms. The first kappa shape index (κ1) is 36.1. The standard InChI is InChI=1S/C39H36F3N3O5S2/c40-39(41,42)37(48)45-19-5-9-32(45)35(47)43-21-28-6-1-2-7-30(28)25-15-17-27(18-16-25)36-49-29(20-33(50-36)26-13-11-24(22-46)12-14-26)23-51-38-44-31-8-3-4-10-34(31)52-38/h1-4,6-8,10-18,29,32-33,36,46H,5,9,19-23H2,(H,43,47). The van der Waals surface area contributed by atoms with Crippen LogP contribution < -0.4 is 5.32 Å². The van der Waals surface area contributed by atoms with Crippen molar-refractivity contribution in [3.8, 4) is 11.1 Å². The Balaban J connectivity index is 1.05. The molecule has 0 radical (unpaired) electrons. The molecule has 0 bridgehead atoms. The number of para-hydroxylation sites is 1. The van der Waals surface area contributed by atoms with Gasteiger partial charge in [0.25, 0.3) is 0 Å². The van der Waals surface area contributed by atoms with E-state index in [1.165, 1.54) is 0 Å². The molecule has 4 aromatic carbocycles. The fraction of sp³-hybridized carbons (Fsp3) is 0.308. The highest BCUT2D eigenvalue weighted by molar-refractivity contribution is 8.01. The number of fused-ring (bicyclic) bond motifs is 1. The lowest BCUT2D eigenvalue weighted by atomic mass is 9.97. The normalized spacial score (nSPS) is 20.7. The van der Waals surface area contributed by atoms with E-state index in [0.29, 0.717) is 23.5 Å². The summed E-state index contributed by atoms with van der Waals surface area (Å²) in [5, 5.41) is 12.3. The lowest BCUT2D eigenvalue weighted by Gasteiger charge is -2.36. The Hall–Kier alpha value is -4.27. The summed E-state index contributed by atoms with van der Waals surface area (Å²) in [6.07, 6.45) is -4.89. The summed E-state index contributed by atoms with van der Waals surface area (Å²) in [7, 11) is 0. The van der Waals surface area contributed by atoms with Gasteiger partial charge in [-0.1, -0.05) is 96.7 Å². The molecule has 2 amide bonds. The molecule has 1 aromatic heterocycles. The molecule has 0 aliphatic carbocycles. The molecule has 270 valence electrons. The number of carbonyl (C=O) groups excluding carboxylic acids is 2. The number of aliphatic hydroxyl groups is 1. The molecule has 5 aromatic rings. The van der Waals surface area contributed by atoms with Gasteiger partial charge in [-0.15, -0.1) is 11.3 Å². The van der Waals surface area contributed by atoms with Crippen LogP contribution in [0.1, 0.15) is 53.9 Å². The lowest BCUT2D eigenvalue weighted by Crippen LogP contribution is -2.50. The molecule has 8 nitrogen and oxygen atoms in total. The zero-order valence-electron chi connectivity index (χ0n) is 27.9. The quantitative estimate of drug-likeness (QED) is 0.140. The molecule has 2 aliphatic rings. The second-order valence-corrected chi connectivity index (χ2v) is 15.1. The first-order valence-corrected chi connectivity index (χ1v) is 18.8. The summed E-state index contributed by atoms with van der Waals surface area (Å²) >= 11 is 3.33. The molecule has 3 heterocycles. The molecule has 0 saturated carbocycles. The highest BCUT2D eigenvalue weighted by Crippen LogP contribution is 2.41. The average molecular weight is 748 g/mol. The van der Waals surface area contributed by atoms with Gasteiger partial charge < -0.3 is 24.8 Å². The number of amides is 2. The minimum Gasteiger partial charge on any atom is -0.392 e. The van der Waals surface area contributed by atoms with E-state index < -0.39 is 30.3 Å². The Morgan fingerprint density at radius 1 is 0.942 bits per heavy atom. The smallest absolute Gasteiger partial charge is 0.392 e. The summed E-state index contributed by atoms with van der Waals surface area (Å²) in [5.41, 5.74) is 6.12. The monoisotopic (exact) mass is 747 g/mol. The van der Waals surface area contributed by atoms with Gasteiger partial charge in [-0.25, -0.2) is 4.98 Å². The van der Waals surface area contributed by atoms with Gasteiger partial charge in [0.2, 0.25) is 5.91 Å². The van der Waals surface area contributed by atoms with Crippen LogP contribution in [0, 0.1) is 0 Å². The Morgan fingerprint density at radius 2 is 1.67 bits per heavy atom. The Bertz CT molecular complexity index is 1990. The van der Waals surface area contributed by atoms with Crippen LogP contribution in [0.5, 0.6) is 0 Å². The van der Waals surface area contributed by atoms with Crippen LogP contribution in [-0.4, -0.2) is 57.4 Å². The summed E-state index contributed by atoms with van der Waals surface area (Å²) in [6, 6.07) is 29.9. The Labute approximate surface area is 307 Å². The number of thiazole rings is 1. The number of nitrogens with zero attached hydrogens (tertiary/aromatic N) is 2. The summed E-state index contributed by atoms with van der Waals surface area (Å²) < 4.78 is 54.5. The van der Waals surface area contributed by atoms with Crippen LogP contribution in [-0.2, 0) is 32.2 Å². The van der Waals surface area contributed by atoms with Gasteiger partial charge >= 0.3 is 12.1 Å². The van der Waals surface area contributed by atoms with Crippen molar-refractivity contribution in [2.24, 2.45) is 0 Å². The Morgan fingerprint density at radius 3 is 2.42 bits per heavy atom. The summed E-state index contributed by atoms with van der Waals surface area (Å²) in [6.45, 7) is -0.0584. The van der Waals surface area contributed by atoms with Crippen LogP contribution in [0.15, 0.2) is 101 Å². The van der Waals surface area contributed by atoms with E-state index in [1.807, 2.05) is 91.0 Å². The van der Waals surface area contributed by atoms with E-state index >= 15 is 0 Å². The molecule has 7 rings (SSSR count). The number of ether oxygens (including phenoxy) is 2. The van der Waals surface area contributed by atoms with Gasteiger partial charge in [0, 0.05) is 30.8 Å². The molecular formula is C39H36F3N3O5S2. The van der Waals surface area contributed by atoms with Crippen molar-refractivity contribution in [2.45, 2.75) is 67.5 Å². The molecule has 2 N–H and O–H groups in total. The number of hydrogen-bond donors (Lipinski definition) is 2. The minimum absolute atomic E-state index is 0.0388. The first-order chi connectivity index (χ1) is 25.2. The zero-order valence-corrected chi connectivity index (χ0v) is 29.6. The maximum absolute atomic E-state index is 13.1. The van der Waals surface area contributed by atoms with Crippen molar-refractivity contribution in [1.82, 2.24) is 15.2 Å². The van der Waals surface area contributed by atoms with Crippen molar-refractivity contribution >= 4 is 45.1 Å². The third kappa shape index (κ3) is 8.18. The number of thioether (sulfide) groups is 1. The van der Waals surface area contributed by atoms with Gasteiger partial charge in [0.05, 0.1) is 29.0 Å². The van der Waals surface area contributed by atoms with Crippen molar-refractivity contribution in [1.29, 1.82) is 0 Å². The number of aliphatic hydroxyl groups excluding tert-OH is 1. The van der Waals surface area contributed by atoms with E-state index in [9.17, 15) is 27.9 Å². The van der Waals surface area contributed by atoms with Gasteiger partial charge in [-0.05, 0) is 52.8 Å². The van der Waals surface area contributed by atoms with Crippen molar-refractivity contribution in [3.63, 3.8) is 0 Å². The number of aromatic nitrogens is 1. The molecule has 0 spiro atoms. The third-order valence-electron chi connectivity index (χ3n) is 9.31. The van der Waals surface area contributed by atoms with Gasteiger partial charge in [0.1, 0.15) is 6.04 Å². The number of rotatable bonds is 10. The van der Waals surface area contributed by atoms with E-state index in [2.05, 4.69) is 11.4 Å². The number of likely N-dealkylation sites (tertiary alicyclic amines) is 1. The molecular weight excluding hydrogens is 712 g/mol. The highest BCUT2D eigenvalue weighted by Gasteiger charge is 2.47. The van der Waals surface area contributed by atoms with Gasteiger partial charge in [0.15, 0.2) is 10.6 Å². The van der Waals surface area contributed by atoms with Crippen LogP contribution in [0.25, 0.3) is 21.3 Å². The highest BCUT2D eigenvalue weighted by atomic mass is 32.2. The molecule has 4 unspecified atom stereocenters. The van der Waals surface area contributed by atoms with E-state index in [0.717, 1.165) is 47.9 Å². The molecule has 2 aliphatic heterocycles. The van der Waals surface area contributed by atoms with E-state index in [1.54, 1.807) is 23.1 Å². The molecule has 52 heavy (non-hydrogen) atoms. The maximum Gasteiger partial charge on any atom is 0.471 e. The number of alkyl halides is 3. The molecule has 4 atom stereocenters. The maximum atomic E-state index is 13.1. The van der Waals surface area contributed by atoms with E-state index in [4.69, 9.17) is 14.5 Å². The van der Waals surface area contributed by atoms with E-state index in [-0.39, 0.29) is 38.3 Å². The molecule has 2 saturated heterocycles. The topological polar surface area (TPSA) is 101 Å². The number of benzene rings is 4. The fourth-order valence-corrected chi connectivity index (χ4v) is 8.73. The fourth-order valence-electron chi connectivity index (χ4n) is 6.62. The SMILES string of the molecule is O=C(NCc1ccccc1-c1ccc(C2OC(CSc3nc4ccccc4s3)CC(c3ccc(CO)cc3)O2)cc1)C1CCCN1C(=O)C(F)(F)F. The predicted molar refractivity (Wildman–Crippen MR) is 193 cm³/mol. The number of hydrogen-bond acceptors (Lipinski definition) is 8. The average Bonchev–Trinajstić information content (AvgIpc) is 3.83. The van der Waals surface area contributed by atoms with Crippen LogP contribution >= 0.6 is 23.1 Å². The van der Waals surface area contributed by atoms with Crippen molar-refractivity contribution in [2.75, 3.05) is 12.3 Å². The summed E-state index contributed by atoms with van der Waals surface area (Å²) in [4.78, 5) is 30.2. The number of nitrogens with one attached hydrogen (secondary N) is 1. The zero-order chi connectivity index (χ0) is 36.2. The Kier molecular flexibility index (Phi) is 10.9. The summed E-state index contributed by atoms with van der Waals surface area (Å²) in [5.74, 6) is -1.91.